The van der Waals surface area contributed by atoms with E-state index in [-0.39, 0.29) is 11.7 Å². The molecule has 0 aliphatic carbocycles. The summed E-state index contributed by atoms with van der Waals surface area (Å²) in [5.41, 5.74) is -1.77. The van der Waals surface area contributed by atoms with Crippen LogP contribution in [0.1, 0.15) is 76.6 Å². The number of rotatable bonds is 6. The first-order valence-corrected chi connectivity index (χ1v) is 11.9. The second kappa shape index (κ2) is 10.3. The van der Waals surface area contributed by atoms with Crippen molar-refractivity contribution in [3.63, 3.8) is 0 Å². The maximum Gasteiger partial charge on any atom is 0.410 e. The van der Waals surface area contributed by atoms with Gasteiger partial charge in [-0.3, -0.25) is 4.79 Å². The van der Waals surface area contributed by atoms with E-state index < -0.39 is 23.1 Å². The molecule has 7 nitrogen and oxygen atoms in total. The standard InChI is InChI=1S/C25H37FN2O5/c1-24(2,3)33-23(30)27-14-10-18(11-15-27)7-5-16-32-19-8-9-20(21(26)17-19)22(29)28-13-6-12-25(28,4)31/h8-9,17-18,31H,5-7,10-16H2,1-4H3. The molecule has 2 fully saturated rings. The number of nitrogens with zero attached hydrogens (tertiary/aromatic N) is 2. The topological polar surface area (TPSA) is 79.3 Å². The molecule has 0 spiro atoms. The molecule has 184 valence electrons. The molecule has 3 rings (SSSR count). The van der Waals surface area contributed by atoms with Crippen LogP contribution < -0.4 is 4.74 Å². The number of halogens is 1. The zero-order valence-corrected chi connectivity index (χ0v) is 20.2. The van der Waals surface area contributed by atoms with Gasteiger partial charge in [0, 0.05) is 25.7 Å². The van der Waals surface area contributed by atoms with Gasteiger partial charge in [0.05, 0.1) is 12.2 Å². The summed E-state index contributed by atoms with van der Waals surface area (Å²) in [6.07, 6.45) is 4.61. The molecular formula is C25H37FN2O5. The average Bonchev–Trinajstić information content (AvgIpc) is 3.09. The van der Waals surface area contributed by atoms with Crippen LogP contribution in [-0.4, -0.2) is 64.5 Å². The lowest BCUT2D eigenvalue weighted by atomic mass is 9.92. The van der Waals surface area contributed by atoms with Crippen LogP contribution in [0.3, 0.4) is 0 Å². The molecule has 0 saturated carbocycles. The molecule has 0 aromatic heterocycles. The number of ether oxygens (including phenoxy) is 2. The van der Waals surface area contributed by atoms with Crippen molar-refractivity contribution in [3.05, 3.63) is 29.6 Å². The third kappa shape index (κ3) is 6.82. The molecule has 1 aromatic carbocycles. The molecule has 2 amide bonds. The third-order valence-corrected chi connectivity index (χ3v) is 6.32. The van der Waals surface area contributed by atoms with Crippen LogP contribution in [0.25, 0.3) is 0 Å². The van der Waals surface area contributed by atoms with Gasteiger partial charge < -0.3 is 24.4 Å². The van der Waals surface area contributed by atoms with Gasteiger partial charge in [-0.1, -0.05) is 0 Å². The maximum atomic E-state index is 14.6. The summed E-state index contributed by atoms with van der Waals surface area (Å²) in [6.45, 7) is 9.46. The summed E-state index contributed by atoms with van der Waals surface area (Å²) in [7, 11) is 0. The summed E-state index contributed by atoms with van der Waals surface area (Å²) < 4.78 is 25.7. The molecule has 0 bridgehead atoms. The van der Waals surface area contributed by atoms with Gasteiger partial charge >= 0.3 is 6.09 Å². The monoisotopic (exact) mass is 464 g/mol. The Morgan fingerprint density at radius 1 is 1.21 bits per heavy atom. The summed E-state index contributed by atoms with van der Waals surface area (Å²) >= 11 is 0. The highest BCUT2D eigenvalue weighted by molar-refractivity contribution is 5.95. The Bertz CT molecular complexity index is 844. The Morgan fingerprint density at radius 2 is 1.91 bits per heavy atom. The lowest BCUT2D eigenvalue weighted by Gasteiger charge is -2.33. The number of aliphatic hydroxyl groups is 1. The van der Waals surface area contributed by atoms with Crippen molar-refractivity contribution < 1.29 is 28.6 Å². The number of amides is 2. The van der Waals surface area contributed by atoms with Gasteiger partial charge in [-0.05, 0) is 84.3 Å². The Balaban J connectivity index is 1.40. The third-order valence-electron chi connectivity index (χ3n) is 6.32. The van der Waals surface area contributed by atoms with Crippen molar-refractivity contribution in [2.75, 3.05) is 26.2 Å². The fourth-order valence-corrected chi connectivity index (χ4v) is 4.47. The van der Waals surface area contributed by atoms with E-state index in [4.69, 9.17) is 9.47 Å². The van der Waals surface area contributed by atoms with Gasteiger partial charge in [-0.15, -0.1) is 0 Å². The van der Waals surface area contributed by atoms with E-state index in [1.54, 1.807) is 17.9 Å². The minimum Gasteiger partial charge on any atom is -0.493 e. The lowest BCUT2D eigenvalue weighted by molar-refractivity contribution is -0.0471. The molecule has 0 radical (unpaired) electrons. The SMILES string of the molecule is CC(C)(C)OC(=O)N1CCC(CCCOc2ccc(C(=O)N3CCCC3(C)O)c(F)c2)CC1. The predicted octanol–water partition coefficient (Wildman–Crippen LogP) is 4.58. The molecule has 1 aromatic rings. The first-order chi connectivity index (χ1) is 15.5. The van der Waals surface area contributed by atoms with E-state index in [1.165, 1.54) is 17.0 Å². The first kappa shape index (κ1) is 25.3. The van der Waals surface area contributed by atoms with Crippen molar-refractivity contribution in [2.45, 2.75) is 77.5 Å². The number of benzene rings is 1. The fourth-order valence-electron chi connectivity index (χ4n) is 4.47. The van der Waals surface area contributed by atoms with Gasteiger partial charge in [0.15, 0.2) is 0 Å². The Morgan fingerprint density at radius 3 is 2.48 bits per heavy atom. The fraction of sp³-hybridized carbons (Fsp3) is 0.680. The zero-order chi connectivity index (χ0) is 24.2. The van der Waals surface area contributed by atoms with Gasteiger partial charge in [0.25, 0.3) is 5.91 Å². The normalized spacial score (nSPS) is 21.9. The van der Waals surface area contributed by atoms with E-state index in [2.05, 4.69) is 0 Å². The second-order valence-electron chi connectivity index (χ2n) is 10.3. The first-order valence-electron chi connectivity index (χ1n) is 11.9. The molecule has 2 saturated heterocycles. The number of hydrogen-bond donors (Lipinski definition) is 1. The largest absolute Gasteiger partial charge is 0.493 e. The van der Waals surface area contributed by atoms with E-state index in [0.717, 1.165) is 25.7 Å². The van der Waals surface area contributed by atoms with E-state index >= 15 is 0 Å². The number of likely N-dealkylation sites (tertiary alicyclic amines) is 2. The van der Waals surface area contributed by atoms with Crippen LogP contribution in [0.4, 0.5) is 9.18 Å². The number of carbonyl (C=O) groups is 2. The van der Waals surface area contributed by atoms with Crippen LogP contribution in [0.5, 0.6) is 5.75 Å². The van der Waals surface area contributed by atoms with Crippen molar-refractivity contribution in [2.24, 2.45) is 5.92 Å². The van der Waals surface area contributed by atoms with Crippen LogP contribution in [0.15, 0.2) is 18.2 Å². The maximum absolute atomic E-state index is 14.6. The molecule has 8 heteroatoms. The van der Waals surface area contributed by atoms with E-state index in [0.29, 0.717) is 50.8 Å². The van der Waals surface area contributed by atoms with Gasteiger partial charge in [-0.2, -0.15) is 0 Å². The predicted molar refractivity (Wildman–Crippen MR) is 123 cm³/mol. The van der Waals surface area contributed by atoms with Crippen molar-refractivity contribution in [1.82, 2.24) is 9.80 Å². The van der Waals surface area contributed by atoms with Gasteiger partial charge in [0.2, 0.25) is 0 Å². The zero-order valence-electron chi connectivity index (χ0n) is 20.2. The Labute approximate surface area is 195 Å². The van der Waals surface area contributed by atoms with Crippen LogP contribution in [-0.2, 0) is 4.74 Å². The molecule has 1 N–H and O–H groups in total. The van der Waals surface area contributed by atoms with Gasteiger partial charge in [0.1, 0.15) is 22.9 Å². The van der Waals surface area contributed by atoms with Gasteiger partial charge in [-0.25, -0.2) is 9.18 Å². The molecular weight excluding hydrogens is 427 g/mol. The highest BCUT2D eigenvalue weighted by Crippen LogP contribution is 2.29. The smallest absolute Gasteiger partial charge is 0.410 e. The van der Waals surface area contributed by atoms with Crippen molar-refractivity contribution >= 4 is 12.0 Å². The molecule has 2 aliphatic heterocycles. The number of piperidine rings is 1. The summed E-state index contributed by atoms with van der Waals surface area (Å²) in [4.78, 5) is 27.9. The summed E-state index contributed by atoms with van der Waals surface area (Å²) in [5.74, 6) is -0.233. The van der Waals surface area contributed by atoms with Crippen molar-refractivity contribution in [1.29, 1.82) is 0 Å². The molecule has 2 heterocycles. The van der Waals surface area contributed by atoms with Crippen LogP contribution in [0, 0.1) is 11.7 Å². The molecule has 1 unspecified atom stereocenters. The highest BCUT2D eigenvalue weighted by Gasteiger charge is 2.38. The summed E-state index contributed by atoms with van der Waals surface area (Å²) in [5, 5.41) is 10.3. The average molecular weight is 465 g/mol. The van der Waals surface area contributed by atoms with Crippen LogP contribution in [0.2, 0.25) is 0 Å². The number of hydrogen-bond acceptors (Lipinski definition) is 5. The summed E-state index contributed by atoms with van der Waals surface area (Å²) in [6, 6.07) is 4.26. The lowest BCUT2D eigenvalue weighted by Crippen LogP contribution is -2.45. The molecule has 33 heavy (non-hydrogen) atoms. The Kier molecular flexibility index (Phi) is 7.88. The second-order valence-corrected chi connectivity index (χ2v) is 10.3. The highest BCUT2D eigenvalue weighted by atomic mass is 19.1. The minimum absolute atomic E-state index is 0.0544. The minimum atomic E-state index is -1.23. The van der Waals surface area contributed by atoms with E-state index in [9.17, 15) is 19.1 Å². The number of carbonyl (C=O) groups excluding carboxylic acids is 2. The Hall–Kier alpha value is -2.35. The van der Waals surface area contributed by atoms with E-state index in [1.807, 2.05) is 20.8 Å². The van der Waals surface area contributed by atoms with Crippen LogP contribution >= 0.6 is 0 Å². The van der Waals surface area contributed by atoms with Crippen molar-refractivity contribution in [3.8, 4) is 5.75 Å². The quantitative estimate of drug-likeness (QED) is 0.624. The molecule has 1 atom stereocenters. The molecule has 2 aliphatic rings.